The summed E-state index contributed by atoms with van der Waals surface area (Å²) in [7, 11) is 3.27. The summed E-state index contributed by atoms with van der Waals surface area (Å²) in [5, 5.41) is 0.664. The molecule has 0 radical (unpaired) electrons. The summed E-state index contributed by atoms with van der Waals surface area (Å²) in [6, 6.07) is 4.58. The molecule has 0 unspecified atom stereocenters. The Bertz CT molecular complexity index is 564. The average Bonchev–Trinajstić information content (AvgIpc) is 2.65. The summed E-state index contributed by atoms with van der Waals surface area (Å²) in [6.45, 7) is 6.90. The van der Waals surface area contributed by atoms with Crippen LogP contribution in [-0.4, -0.2) is 69.5 Å². The lowest BCUT2D eigenvalue weighted by molar-refractivity contribution is 0.0153. The number of hydrogen-bond donors (Lipinski definition) is 0. The minimum Gasteiger partial charge on any atom is -0.493 e. The summed E-state index contributed by atoms with van der Waals surface area (Å²) in [5.41, 5.74) is 1.10. The average molecular weight is 369 g/mol. The molecule has 1 aromatic rings. The van der Waals surface area contributed by atoms with E-state index in [-0.39, 0.29) is 0 Å². The van der Waals surface area contributed by atoms with E-state index in [1.807, 2.05) is 6.07 Å². The van der Waals surface area contributed by atoms with Crippen LogP contribution in [0.5, 0.6) is 11.5 Å². The van der Waals surface area contributed by atoms with E-state index in [2.05, 4.69) is 15.9 Å². The lowest BCUT2D eigenvalue weighted by atomic mass is 10.00. The standard InChI is InChI=1S/C19H29ClN2O3/c1-23-17-7-6-15(18(20)19(17)24-2)13-22-8-4-3-5-16(22)14-21-9-11-25-12-10-21/h6-7,16H,3-5,8-14H2,1-2H3/t16-/m0/s1. The molecule has 1 atom stereocenters. The summed E-state index contributed by atoms with van der Waals surface area (Å²) in [4.78, 5) is 5.11. The molecular weight excluding hydrogens is 340 g/mol. The number of methoxy groups -OCH3 is 2. The van der Waals surface area contributed by atoms with Crippen LogP contribution in [0.25, 0.3) is 0 Å². The maximum atomic E-state index is 6.59. The quantitative estimate of drug-likeness (QED) is 0.771. The van der Waals surface area contributed by atoms with E-state index in [4.69, 9.17) is 25.8 Å². The zero-order chi connectivity index (χ0) is 17.6. The van der Waals surface area contributed by atoms with E-state index in [1.165, 1.54) is 19.3 Å². The van der Waals surface area contributed by atoms with Crippen LogP contribution in [-0.2, 0) is 11.3 Å². The molecule has 0 saturated carbocycles. The van der Waals surface area contributed by atoms with Crippen molar-refractivity contribution in [2.75, 3.05) is 53.6 Å². The first-order chi connectivity index (χ1) is 12.2. The van der Waals surface area contributed by atoms with E-state index >= 15 is 0 Å². The fraction of sp³-hybridized carbons (Fsp3) is 0.684. The van der Waals surface area contributed by atoms with Gasteiger partial charge >= 0.3 is 0 Å². The van der Waals surface area contributed by atoms with Crippen LogP contribution in [0.3, 0.4) is 0 Å². The molecule has 0 aliphatic carbocycles. The number of hydrogen-bond acceptors (Lipinski definition) is 5. The van der Waals surface area contributed by atoms with Gasteiger partial charge in [-0.05, 0) is 31.0 Å². The number of morpholine rings is 1. The smallest absolute Gasteiger partial charge is 0.179 e. The minimum atomic E-state index is 0.580. The van der Waals surface area contributed by atoms with Gasteiger partial charge in [0.05, 0.1) is 32.5 Å². The highest BCUT2D eigenvalue weighted by molar-refractivity contribution is 6.33. The Kier molecular flexibility index (Phi) is 6.82. The minimum absolute atomic E-state index is 0.580. The van der Waals surface area contributed by atoms with Crippen molar-refractivity contribution >= 4 is 11.6 Å². The fourth-order valence-electron chi connectivity index (χ4n) is 3.83. The highest BCUT2D eigenvalue weighted by Crippen LogP contribution is 2.38. The van der Waals surface area contributed by atoms with Crippen molar-refractivity contribution in [3.63, 3.8) is 0 Å². The van der Waals surface area contributed by atoms with Crippen molar-refractivity contribution < 1.29 is 14.2 Å². The molecule has 2 heterocycles. The van der Waals surface area contributed by atoms with Crippen molar-refractivity contribution in [3.05, 3.63) is 22.7 Å². The SMILES string of the molecule is COc1ccc(CN2CCCC[C@H]2CN2CCOCC2)c(Cl)c1OC. The van der Waals surface area contributed by atoms with Crippen LogP contribution >= 0.6 is 11.6 Å². The van der Waals surface area contributed by atoms with Gasteiger partial charge in [-0.15, -0.1) is 0 Å². The first-order valence-corrected chi connectivity index (χ1v) is 9.54. The van der Waals surface area contributed by atoms with E-state index in [9.17, 15) is 0 Å². The lowest BCUT2D eigenvalue weighted by Gasteiger charge is -2.39. The van der Waals surface area contributed by atoms with E-state index < -0.39 is 0 Å². The van der Waals surface area contributed by atoms with Crippen LogP contribution in [0.15, 0.2) is 12.1 Å². The third kappa shape index (κ3) is 4.59. The molecule has 2 fully saturated rings. The molecule has 0 bridgehead atoms. The van der Waals surface area contributed by atoms with Gasteiger partial charge in [0.1, 0.15) is 0 Å². The van der Waals surface area contributed by atoms with Crippen molar-refractivity contribution in [3.8, 4) is 11.5 Å². The molecule has 25 heavy (non-hydrogen) atoms. The molecule has 0 spiro atoms. The number of rotatable bonds is 6. The van der Waals surface area contributed by atoms with E-state index in [0.29, 0.717) is 22.6 Å². The number of halogens is 1. The van der Waals surface area contributed by atoms with Crippen molar-refractivity contribution in [2.24, 2.45) is 0 Å². The first kappa shape index (κ1) is 18.8. The molecule has 3 rings (SSSR count). The summed E-state index contributed by atoms with van der Waals surface area (Å²) < 4.78 is 16.3. The number of piperidine rings is 1. The second kappa shape index (κ2) is 9.08. The molecule has 2 aliphatic heterocycles. The van der Waals surface area contributed by atoms with Gasteiger partial charge in [-0.2, -0.15) is 0 Å². The largest absolute Gasteiger partial charge is 0.493 e. The molecular formula is C19H29ClN2O3. The molecule has 140 valence electrons. The van der Waals surface area contributed by atoms with Gasteiger partial charge < -0.3 is 14.2 Å². The van der Waals surface area contributed by atoms with Crippen LogP contribution in [0.2, 0.25) is 5.02 Å². The second-order valence-electron chi connectivity index (χ2n) is 6.81. The molecule has 0 N–H and O–H groups in total. The number of nitrogens with zero attached hydrogens (tertiary/aromatic N) is 2. The Morgan fingerprint density at radius 2 is 1.92 bits per heavy atom. The Hall–Kier alpha value is -1.01. The topological polar surface area (TPSA) is 34.2 Å². The Morgan fingerprint density at radius 1 is 1.12 bits per heavy atom. The third-order valence-electron chi connectivity index (χ3n) is 5.26. The summed E-state index contributed by atoms with van der Waals surface area (Å²) in [6.07, 6.45) is 3.82. The zero-order valence-corrected chi connectivity index (χ0v) is 16.1. The normalized spacial score (nSPS) is 22.8. The van der Waals surface area contributed by atoms with Crippen molar-refractivity contribution in [1.29, 1.82) is 0 Å². The summed E-state index contributed by atoms with van der Waals surface area (Å²) >= 11 is 6.59. The van der Waals surface area contributed by atoms with E-state index in [1.54, 1.807) is 14.2 Å². The summed E-state index contributed by atoms with van der Waals surface area (Å²) in [5.74, 6) is 1.31. The monoisotopic (exact) mass is 368 g/mol. The fourth-order valence-corrected chi connectivity index (χ4v) is 4.12. The maximum Gasteiger partial charge on any atom is 0.179 e. The van der Waals surface area contributed by atoms with Crippen LogP contribution < -0.4 is 9.47 Å². The molecule has 2 saturated heterocycles. The van der Waals surface area contributed by atoms with Gasteiger partial charge in [-0.3, -0.25) is 9.80 Å². The number of benzene rings is 1. The molecule has 6 heteroatoms. The van der Waals surface area contributed by atoms with Crippen molar-refractivity contribution in [2.45, 2.75) is 31.8 Å². The van der Waals surface area contributed by atoms with Crippen LogP contribution in [0, 0.1) is 0 Å². The predicted molar refractivity (Wildman–Crippen MR) is 99.9 cm³/mol. The molecule has 0 amide bonds. The van der Waals surface area contributed by atoms with Gasteiger partial charge in [0.2, 0.25) is 0 Å². The zero-order valence-electron chi connectivity index (χ0n) is 15.3. The molecule has 2 aliphatic rings. The molecule has 0 aromatic heterocycles. The van der Waals surface area contributed by atoms with Gasteiger partial charge in [0, 0.05) is 32.2 Å². The van der Waals surface area contributed by atoms with Gasteiger partial charge in [0.15, 0.2) is 11.5 Å². The second-order valence-corrected chi connectivity index (χ2v) is 7.19. The lowest BCUT2D eigenvalue weighted by Crippen LogP contribution is -2.49. The van der Waals surface area contributed by atoms with Gasteiger partial charge in [0.25, 0.3) is 0 Å². The first-order valence-electron chi connectivity index (χ1n) is 9.16. The van der Waals surface area contributed by atoms with Gasteiger partial charge in [-0.1, -0.05) is 24.1 Å². The Balaban J connectivity index is 1.70. The Labute approximate surface area is 155 Å². The van der Waals surface area contributed by atoms with Gasteiger partial charge in [-0.25, -0.2) is 0 Å². The number of likely N-dealkylation sites (tertiary alicyclic amines) is 1. The van der Waals surface area contributed by atoms with Crippen molar-refractivity contribution in [1.82, 2.24) is 9.80 Å². The highest BCUT2D eigenvalue weighted by Gasteiger charge is 2.26. The molecule has 5 nitrogen and oxygen atoms in total. The molecule has 1 aromatic carbocycles. The van der Waals surface area contributed by atoms with Crippen LogP contribution in [0.1, 0.15) is 24.8 Å². The Morgan fingerprint density at radius 3 is 2.64 bits per heavy atom. The van der Waals surface area contributed by atoms with E-state index in [0.717, 1.165) is 51.5 Å². The predicted octanol–water partition coefficient (Wildman–Crippen LogP) is 3.04. The highest BCUT2D eigenvalue weighted by atomic mass is 35.5. The maximum absolute atomic E-state index is 6.59. The number of ether oxygens (including phenoxy) is 3. The third-order valence-corrected chi connectivity index (χ3v) is 5.67. The van der Waals surface area contributed by atoms with Crippen LogP contribution in [0.4, 0.5) is 0 Å².